The number of ketones is 1. The Morgan fingerprint density at radius 2 is 1.87 bits per heavy atom. The van der Waals surface area contributed by atoms with Gasteiger partial charge in [-0.05, 0) is 42.3 Å². The number of hydrogen-bond acceptors (Lipinski definition) is 6. The van der Waals surface area contributed by atoms with Gasteiger partial charge < -0.3 is 9.71 Å². The molecule has 31 heavy (non-hydrogen) atoms. The first-order valence-electron chi connectivity index (χ1n) is 8.52. The van der Waals surface area contributed by atoms with Crippen LogP contribution in [0.2, 0.25) is 10.0 Å². The number of halogens is 5. The Kier molecular flexibility index (Phi) is 5.78. The average Bonchev–Trinajstić information content (AvgIpc) is 3.21. The fraction of sp³-hybridized carbons (Fsp3) is 0.0526. The number of aromatic nitrogens is 4. The molecule has 4 rings (SSSR count). The molecule has 0 spiro atoms. The molecule has 6 nitrogen and oxygen atoms in total. The molecular formula is C19H10Cl2F3N5OS. The number of alkyl halides is 3. The SMILES string of the molecule is O=C(c1ncc(Cl)cc1NSc1ccc(Cl)c(C(F)(F)F)c1)c1ncnc2[nH]ccc12. The number of carbonyl (C=O) groups is 1. The minimum Gasteiger partial charge on any atom is -0.346 e. The summed E-state index contributed by atoms with van der Waals surface area (Å²) in [5.41, 5.74) is -0.134. The molecule has 12 heteroatoms. The van der Waals surface area contributed by atoms with Crippen LogP contribution in [0.3, 0.4) is 0 Å². The standard InChI is InChI=1S/C19H10Cl2F3N5OS/c20-9-5-14(29-31-10-1-2-13(21)12(6-10)19(22,23)24)16(26-7-9)17(30)15-11-3-4-25-18(11)28-8-27-15/h1-8,29H,(H,25,27,28). The van der Waals surface area contributed by atoms with Crippen molar-refractivity contribution in [1.29, 1.82) is 0 Å². The van der Waals surface area contributed by atoms with Crippen molar-refractivity contribution in [3.05, 3.63) is 76.0 Å². The minimum absolute atomic E-state index is 0.00288. The van der Waals surface area contributed by atoms with E-state index in [4.69, 9.17) is 23.2 Å². The van der Waals surface area contributed by atoms with Gasteiger partial charge in [0.25, 0.3) is 0 Å². The van der Waals surface area contributed by atoms with E-state index in [1.165, 1.54) is 24.7 Å². The average molecular weight is 484 g/mol. The minimum atomic E-state index is -4.60. The zero-order valence-electron chi connectivity index (χ0n) is 15.2. The third-order valence-corrected chi connectivity index (χ3v) is 5.51. The number of anilines is 1. The maximum Gasteiger partial charge on any atom is 0.417 e. The molecule has 0 saturated carbocycles. The maximum atomic E-state index is 13.1. The highest BCUT2D eigenvalue weighted by Gasteiger charge is 2.33. The van der Waals surface area contributed by atoms with E-state index in [0.717, 1.165) is 24.1 Å². The van der Waals surface area contributed by atoms with Crippen molar-refractivity contribution >= 4 is 57.7 Å². The van der Waals surface area contributed by atoms with E-state index in [1.54, 1.807) is 12.3 Å². The van der Waals surface area contributed by atoms with Crippen LogP contribution in [-0.2, 0) is 6.18 Å². The number of nitrogens with one attached hydrogen (secondary N) is 2. The van der Waals surface area contributed by atoms with Crippen LogP contribution in [0.25, 0.3) is 11.0 Å². The van der Waals surface area contributed by atoms with Gasteiger partial charge in [0.05, 0.1) is 21.3 Å². The molecule has 0 fully saturated rings. The second-order valence-electron chi connectivity index (χ2n) is 6.18. The molecule has 0 amide bonds. The van der Waals surface area contributed by atoms with Gasteiger partial charge in [-0.25, -0.2) is 15.0 Å². The Balaban J connectivity index is 1.66. The van der Waals surface area contributed by atoms with Crippen molar-refractivity contribution in [1.82, 2.24) is 19.9 Å². The second-order valence-corrected chi connectivity index (χ2v) is 7.91. The van der Waals surface area contributed by atoms with Crippen molar-refractivity contribution in [2.24, 2.45) is 0 Å². The number of hydrogen-bond donors (Lipinski definition) is 2. The third kappa shape index (κ3) is 4.46. The Morgan fingerprint density at radius 3 is 2.65 bits per heavy atom. The molecule has 0 radical (unpaired) electrons. The zero-order chi connectivity index (χ0) is 22.2. The van der Waals surface area contributed by atoms with E-state index in [9.17, 15) is 18.0 Å². The molecule has 0 bridgehead atoms. The first kappa shape index (κ1) is 21.4. The highest BCUT2D eigenvalue weighted by molar-refractivity contribution is 8.00. The van der Waals surface area contributed by atoms with Crippen LogP contribution in [0.15, 0.2) is 53.9 Å². The summed E-state index contributed by atoms with van der Waals surface area (Å²) >= 11 is 12.5. The highest BCUT2D eigenvalue weighted by atomic mass is 35.5. The van der Waals surface area contributed by atoms with Gasteiger partial charge in [0, 0.05) is 22.7 Å². The lowest BCUT2D eigenvalue weighted by atomic mass is 10.1. The molecule has 4 aromatic rings. The van der Waals surface area contributed by atoms with Gasteiger partial charge in [0.1, 0.15) is 23.4 Å². The van der Waals surface area contributed by atoms with Gasteiger partial charge in [0.2, 0.25) is 5.78 Å². The quantitative estimate of drug-likeness (QED) is 0.266. The maximum absolute atomic E-state index is 13.1. The summed E-state index contributed by atoms with van der Waals surface area (Å²) in [6.07, 6.45) is -0.430. The van der Waals surface area contributed by atoms with Crippen LogP contribution in [0.4, 0.5) is 18.9 Å². The molecule has 0 atom stereocenters. The van der Waals surface area contributed by atoms with Gasteiger partial charge in [-0.2, -0.15) is 13.2 Å². The molecule has 0 aliphatic carbocycles. The van der Waals surface area contributed by atoms with E-state index >= 15 is 0 Å². The molecule has 1 aromatic carbocycles. The zero-order valence-corrected chi connectivity index (χ0v) is 17.5. The number of H-pyrrole nitrogens is 1. The molecule has 3 aromatic heterocycles. The number of fused-ring (bicyclic) bond motifs is 1. The second kappa shape index (κ2) is 8.37. The lowest BCUT2D eigenvalue weighted by Crippen LogP contribution is -2.10. The fourth-order valence-corrected chi connectivity index (χ4v) is 3.84. The predicted octanol–water partition coefficient (Wildman–Crippen LogP) is 6.03. The van der Waals surface area contributed by atoms with Gasteiger partial charge in [-0.3, -0.25) is 4.79 Å². The van der Waals surface area contributed by atoms with Crippen LogP contribution in [-0.4, -0.2) is 25.7 Å². The largest absolute Gasteiger partial charge is 0.417 e. The number of aromatic amines is 1. The number of carbonyl (C=O) groups excluding carboxylic acids is 1. The summed E-state index contributed by atoms with van der Waals surface area (Å²) in [6.45, 7) is 0. The Morgan fingerprint density at radius 1 is 1.06 bits per heavy atom. The van der Waals surface area contributed by atoms with Gasteiger partial charge in [0.15, 0.2) is 0 Å². The van der Waals surface area contributed by atoms with Crippen molar-refractivity contribution in [3.8, 4) is 0 Å². The highest BCUT2D eigenvalue weighted by Crippen LogP contribution is 2.37. The van der Waals surface area contributed by atoms with Crippen LogP contribution in [0.1, 0.15) is 21.7 Å². The van der Waals surface area contributed by atoms with Crippen molar-refractivity contribution < 1.29 is 18.0 Å². The van der Waals surface area contributed by atoms with Crippen LogP contribution < -0.4 is 4.72 Å². The Hall–Kier alpha value is -2.82. The Bertz CT molecular complexity index is 1300. The van der Waals surface area contributed by atoms with Crippen LogP contribution in [0.5, 0.6) is 0 Å². The van der Waals surface area contributed by atoms with Crippen LogP contribution >= 0.6 is 35.1 Å². The first-order chi connectivity index (χ1) is 14.7. The molecule has 3 heterocycles. The van der Waals surface area contributed by atoms with E-state index in [1.807, 2.05) is 0 Å². The molecular weight excluding hydrogens is 474 g/mol. The Labute approximate surface area is 187 Å². The monoisotopic (exact) mass is 483 g/mol. The summed E-state index contributed by atoms with van der Waals surface area (Å²) < 4.78 is 42.2. The number of pyridine rings is 1. The molecule has 2 N–H and O–H groups in total. The normalized spacial score (nSPS) is 11.6. The lowest BCUT2D eigenvalue weighted by molar-refractivity contribution is -0.137. The number of benzene rings is 1. The summed E-state index contributed by atoms with van der Waals surface area (Å²) in [4.78, 5) is 28.4. The molecule has 0 aliphatic heterocycles. The molecule has 0 aliphatic rings. The van der Waals surface area contributed by atoms with E-state index < -0.39 is 22.5 Å². The van der Waals surface area contributed by atoms with E-state index in [2.05, 4.69) is 24.7 Å². The number of nitrogens with zero attached hydrogens (tertiary/aromatic N) is 3. The van der Waals surface area contributed by atoms with Crippen molar-refractivity contribution in [2.45, 2.75) is 11.1 Å². The van der Waals surface area contributed by atoms with Crippen LogP contribution in [0, 0.1) is 0 Å². The summed E-state index contributed by atoms with van der Waals surface area (Å²) in [7, 11) is 0. The summed E-state index contributed by atoms with van der Waals surface area (Å²) in [6, 6.07) is 6.59. The summed E-state index contributed by atoms with van der Waals surface area (Å²) in [5.74, 6) is -0.501. The molecule has 158 valence electrons. The van der Waals surface area contributed by atoms with Crippen molar-refractivity contribution in [3.63, 3.8) is 0 Å². The van der Waals surface area contributed by atoms with E-state index in [-0.39, 0.29) is 27.0 Å². The smallest absolute Gasteiger partial charge is 0.346 e. The molecule has 0 unspecified atom stereocenters. The third-order valence-electron chi connectivity index (χ3n) is 4.16. The summed E-state index contributed by atoms with van der Waals surface area (Å²) in [5, 5.41) is 0.341. The fourth-order valence-electron chi connectivity index (χ4n) is 2.76. The number of rotatable bonds is 5. The topological polar surface area (TPSA) is 83.6 Å². The van der Waals surface area contributed by atoms with E-state index in [0.29, 0.717) is 11.0 Å². The van der Waals surface area contributed by atoms with Gasteiger partial charge in [-0.1, -0.05) is 23.2 Å². The lowest BCUT2D eigenvalue weighted by Gasteiger charge is -2.13. The predicted molar refractivity (Wildman–Crippen MR) is 113 cm³/mol. The molecule has 0 saturated heterocycles. The first-order valence-corrected chi connectivity index (χ1v) is 10.1. The van der Waals surface area contributed by atoms with Gasteiger partial charge >= 0.3 is 6.18 Å². The van der Waals surface area contributed by atoms with Gasteiger partial charge in [-0.15, -0.1) is 0 Å². The van der Waals surface area contributed by atoms with Crippen molar-refractivity contribution in [2.75, 3.05) is 4.72 Å².